The second-order valence-corrected chi connectivity index (χ2v) is 10.1. The lowest BCUT2D eigenvalue weighted by Crippen LogP contribution is -2.50. The molecule has 4 rings (SSSR count). The predicted octanol–water partition coefficient (Wildman–Crippen LogP) is 3.99. The average Bonchev–Trinajstić information content (AvgIpc) is 3.29. The van der Waals surface area contributed by atoms with E-state index in [1.54, 1.807) is 12.0 Å². The number of nitrogens with zero attached hydrogens (tertiary/aromatic N) is 1. The van der Waals surface area contributed by atoms with Crippen LogP contribution in [0.2, 0.25) is 0 Å². The van der Waals surface area contributed by atoms with Crippen LogP contribution in [0.1, 0.15) is 53.6 Å². The molecule has 1 unspecified atom stereocenters. The van der Waals surface area contributed by atoms with Crippen LogP contribution >= 0.6 is 0 Å². The number of benzene rings is 2. The largest absolute Gasteiger partial charge is 0.497 e. The summed E-state index contributed by atoms with van der Waals surface area (Å²) in [5, 5.41) is 6.18. The topological polar surface area (TPSA) is 79.9 Å². The molecule has 2 aliphatic rings. The lowest BCUT2D eigenvalue weighted by Gasteiger charge is -2.24. The van der Waals surface area contributed by atoms with Crippen molar-refractivity contribution in [2.75, 3.05) is 40.0 Å². The third kappa shape index (κ3) is 6.85. The Morgan fingerprint density at radius 1 is 1.08 bits per heavy atom. The average molecular weight is 534 g/mol. The molecule has 1 heterocycles. The van der Waals surface area contributed by atoms with Crippen molar-refractivity contribution >= 4 is 11.8 Å². The van der Waals surface area contributed by atoms with E-state index in [9.17, 15) is 22.8 Å². The highest BCUT2D eigenvalue weighted by Gasteiger charge is 2.50. The lowest BCUT2D eigenvalue weighted by atomic mass is 10.1. The van der Waals surface area contributed by atoms with E-state index >= 15 is 0 Å². The van der Waals surface area contributed by atoms with Gasteiger partial charge in [-0.3, -0.25) is 9.59 Å². The molecule has 2 aromatic rings. The van der Waals surface area contributed by atoms with E-state index in [0.29, 0.717) is 32.2 Å². The van der Waals surface area contributed by atoms with E-state index in [4.69, 9.17) is 9.47 Å². The first-order chi connectivity index (χ1) is 18.1. The van der Waals surface area contributed by atoms with E-state index in [1.165, 1.54) is 5.56 Å². The minimum atomic E-state index is -4.49. The van der Waals surface area contributed by atoms with Crippen molar-refractivity contribution in [2.45, 2.75) is 49.9 Å². The molecule has 2 fully saturated rings. The molecule has 206 valence electrons. The molecule has 0 bridgehead atoms. The molecule has 38 heavy (non-hydrogen) atoms. The summed E-state index contributed by atoms with van der Waals surface area (Å²) >= 11 is 0. The monoisotopic (exact) mass is 533 g/mol. The van der Waals surface area contributed by atoms with E-state index < -0.39 is 23.7 Å². The van der Waals surface area contributed by atoms with Gasteiger partial charge >= 0.3 is 6.18 Å². The third-order valence-electron chi connectivity index (χ3n) is 7.31. The Morgan fingerprint density at radius 3 is 2.34 bits per heavy atom. The van der Waals surface area contributed by atoms with Crippen molar-refractivity contribution in [3.05, 3.63) is 65.2 Å². The van der Waals surface area contributed by atoms with Crippen LogP contribution in [0.25, 0.3) is 0 Å². The highest BCUT2D eigenvalue weighted by atomic mass is 19.4. The number of rotatable bonds is 11. The first kappa shape index (κ1) is 27.9. The van der Waals surface area contributed by atoms with Gasteiger partial charge in [-0.05, 0) is 68.1 Å². The highest BCUT2D eigenvalue weighted by molar-refractivity contribution is 5.97. The molecule has 0 aromatic heterocycles. The molecule has 2 amide bonds. The molecule has 3 atom stereocenters. The van der Waals surface area contributed by atoms with Crippen molar-refractivity contribution in [2.24, 2.45) is 0 Å². The number of carbonyl (C=O) groups excluding carboxylic acids is 2. The van der Waals surface area contributed by atoms with Crippen LogP contribution in [-0.2, 0) is 15.7 Å². The summed E-state index contributed by atoms with van der Waals surface area (Å²) in [7, 11) is 1.64. The summed E-state index contributed by atoms with van der Waals surface area (Å²) in [5.74, 6) is 0.345. The lowest BCUT2D eigenvalue weighted by molar-refractivity contribution is -0.137. The number of methoxy groups -OCH3 is 1. The molecule has 0 spiro atoms. The Kier molecular flexibility index (Phi) is 8.62. The Bertz CT molecular complexity index is 1100. The van der Waals surface area contributed by atoms with Gasteiger partial charge in [0.1, 0.15) is 11.8 Å². The van der Waals surface area contributed by atoms with Crippen molar-refractivity contribution in [1.82, 2.24) is 15.5 Å². The summed E-state index contributed by atoms with van der Waals surface area (Å²) in [6, 6.07) is 11.0. The van der Waals surface area contributed by atoms with Crippen LogP contribution in [0.5, 0.6) is 5.75 Å². The number of hydrogen-bond acceptors (Lipinski definition) is 5. The standard InChI is InChI=1S/C28H34F3N3O4/c1-27(17-23(27)19-7-11-22(37-2)12-8-19)32-13-16-38-18-24(26(36)34-14-3-4-15-34)33-25(35)20-5-9-21(10-6-20)28(29,30)31/h5-12,23-24,32H,3-4,13-18H2,1-2H3,(H,33,35)/t23-,24-,27?/m0/s1. The first-order valence-corrected chi connectivity index (χ1v) is 12.8. The highest BCUT2D eigenvalue weighted by Crippen LogP contribution is 2.51. The molecular weight excluding hydrogens is 499 g/mol. The Morgan fingerprint density at radius 2 is 1.74 bits per heavy atom. The summed E-state index contributed by atoms with van der Waals surface area (Å²) in [6.45, 7) is 4.26. The number of amides is 2. The summed E-state index contributed by atoms with van der Waals surface area (Å²) in [6.07, 6.45) is -1.70. The minimum Gasteiger partial charge on any atom is -0.497 e. The smallest absolute Gasteiger partial charge is 0.416 e. The zero-order chi connectivity index (χ0) is 27.3. The van der Waals surface area contributed by atoms with Crippen molar-refractivity contribution in [1.29, 1.82) is 0 Å². The third-order valence-corrected chi connectivity index (χ3v) is 7.31. The van der Waals surface area contributed by atoms with Gasteiger partial charge in [-0.25, -0.2) is 0 Å². The Hall–Kier alpha value is -3.11. The fourth-order valence-corrected chi connectivity index (χ4v) is 4.88. The Balaban J connectivity index is 1.28. The maximum atomic E-state index is 13.0. The van der Waals surface area contributed by atoms with E-state index in [2.05, 4.69) is 29.7 Å². The molecule has 1 saturated carbocycles. The van der Waals surface area contributed by atoms with Gasteiger partial charge in [0.05, 0.1) is 25.9 Å². The molecular formula is C28H34F3N3O4. The number of nitrogens with one attached hydrogen (secondary N) is 2. The van der Waals surface area contributed by atoms with Gasteiger partial charge in [0, 0.05) is 36.7 Å². The summed E-state index contributed by atoms with van der Waals surface area (Å²) < 4.78 is 49.5. The van der Waals surface area contributed by atoms with Gasteiger partial charge in [-0.1, -0.05) is 12.1 Å². The summed E-state index contributed by atoms with van der Waals surface area (Å²) in [5.41, 5.74) is 0.404. The van der Waals surface area contributed by atoms with Gasteiger partial charge in [0.25, 0.3) is 5.91 Å². The molecule has 2 N–H and O–H groups in total. The minimum absolute atomic E-state index is 0.0258. The van der Waals surface area contributed by atoms with E-state index in [1.807, 2.05) is 12.1 Å². The SMILES string of the molecule is COc1ccc([C@@H]2CC2(C)NCCOC[C@H](NC(=O)c2ccc(C(F)(F)F)cc2)C(=O)N2CCCC2)cc1. The fraction of sp³-hybridized carbons (Fsp3) is 0.500. The van der Waals surface area contributed by atoms with E-state index in [-0.39, 0.29) is 23.6 Å². The molecule has 1 aliphatic carbocycles. The normalized spacial score (nSPS) is 21.7. The van der Waals surface area contributed by atoms with Crippen LogP contribution in [0, 0.1) is 0 Å². The molecule has 10 heteroatoms. The maximum Gasteiger partial charge on any atom is 0.416 e. The molecule has 2 aromatic carbocycles. The van der Waals surface area contributed by atoms with Crippen LogP contribution in [0.15, 0.2) is 48.5 Å². The van der Waals surface area contributed by atoms with Crippen LogP contribution in [0.3, 0.4) is 0 Å². The number of hydrogen-bond donors (Lipinski definition) is 2. The molecule has 1 aliphatic heterocycles. The number of carbonyl (C=O) groups is 2. The van der Waals surface area contributed by atoms with Gasteiger partial charge < -0.3 is 25.0 Å². The number of ether oxygens (including phenoxy) is 2. The van der Waals surface area contributed by atoms with Gasteiger partial charge in [-0.15, -0.1) is 0 Å². The summed E-state index contributed by atoms with van der Waals surface area (Å²) in [4.78, 5) is 27.5. The zero-order valence-electron chi connectivity index (χ0n) is 21.6. The van der Waals surface area contributed by atoms with E-state index in [0.717, 1.165) is 49.3 Å². The second-order valence-electron chi connectivity index (χ2n) is 10.1. The van der Waals surface area contributed by atoms with Gasteiger partial charge in [-0.2, -0.15) is 13.2 Å². The van der Waals surface area contributed by atoms with Crippen LogP contribution < -0.4 is 15.4 Å². The van der Waals surface area contributed by atoms with Gasteiger partial charge in [0.2, 0.25) is 5.91 Å². The number of alkyl halides is 3. The van der Waals surface area contributed by atoms with Crippen molar-refractivity contribution in [3.63, 3.8) is 0 Å². The fourth-order valence-electron chi connectivity index (χ4n) is 4.88. The first-order valence-electron chi connectivity index (χ1n) is 12.8. The number of halogens is 3. The predicted molar refractivity (Wildman–Crippen MR) is 136 cm³/mol. The second kappa shape index (κ2) is 11.7. The van der Waals surface area contributed by atoms with Crippen molar-refractivity contribution < 1.29 is 32.2 Å². The quantitative estimate of drug-likeness (QED) is 0.427. The van der Waals surface area contributed by atoms with Crippen LogP contribution in [0.4, 0.5) is 13.2 Å². The molecule has 1 saturated heterocycles. The zero-order valence-corrected chi connectivity index (χ0v) is 21.6. The Labute approximate surface area is 220 Å². The number of likely N-dealkylation sites (tertiary alicyclic amines) is 1. The molecule has 0 radical (unpaired) electrons. The maximum absolute atomic E-state index is 13.0. The van der Waals surface area contributed by atoms with Crippen molar-refractivity contribution in [3.8, 4) is 5.75 Å². The molecule has 7 nitrogen and oxygen atoms in total. The van der Waals surface area contributed by atoms with Crippen LogP contribution in [-0.4, -0.2) is 68.3 Å². The van der Waals surface area contributed by atoms with Gasteiger partial charge in [0.15, 0.2) is 0 Å².